The topological polar surface area (TPSA) is 52.6 Å². The van der Waals surface area contributed by atoms with E-state index in [4.69, 9.17) is 5.11 Å². The summed E-state index contributed by atoms with van der Waals surface area (Å²) in [7, 11) is 1.51. The van der Waals surface area contributed by atoms with Gasteiger partial charge in [-0.1, -0.05) is 32.9 Å². The smallest absolute Gasteiger partial charge is 0.395 e. The number of benzene rings is 1. The molecule has 23 heavy (non-hydrogen) atoms. The average Bonchev–Trinajstić information content (AvgIpc) is 2.42. The molecule has 0 saturated carbocycles. The van der Waals surface area contributed by atoms with Crippen LogP contribution >= 0.6 is 0 Å². The van der Waals surface area contributed by atoms with Gasteiger partial charge in [0.15, 0.2) is 0 Å². The highest BCUT2D eigenvalue weighted by Crippen LogP contribution is 2.36. The van der Waals surface area contributed by atoms with Crippen LogP contribution in [-0.4, -0.2) is 36.2 Å². The third kappa shape index (κ3) is 5.42. The molecule has 1 aromatic rings. The number of aliphatic hydroxyl groups is 1. The number of carbonyl (C=O) groups is 1. The summed E-state index contributed by atoms with van der Waals surface area (Å²) in [6, 6.07) is 3.91. The number of amides is 2. The third-order valence-electron chi connectivity index (χ3n) is 3.46. The number of hydrogen-bond donors (Lipinski definition) is 2. The van der Waals surface area contributed by atoms with Crippen molar-refractivity contribution in [3.63, 3.8) is 0 Å². The maximum atomic E-state index is 12.9. The van der Waals surface area contributed by atoms with Gasteiger partial charge in [-0.2, -0.15) is 13.2 Å². The molecule has 0 spiro atoms. The SMILES string of the molecule is CN(CCO)C(=O)NC(c1cccc(C(F)(F)F)c1)C(C)(C)C. The van der Waals surface area contributed by atoms with Crippen molar-refractivity contribution in [1.29, 1.82) is 0 Å². The molecular weight excluding hydrogens is 309 g/mol. The van der Waals surface area contributed by atoms with Crippen LogP contribution in [-0.2, 0) is 6.18 Å². The van der Waals surface area contributed by atoms with Gasteiger partial charge in [0, 0.05) is 13.6 Å². The van der Waals surface area contributed by atoms with Crippen LogP contribution in [0.25, 0.3) is 0 Å². The first-order chi connectivity index (χ1) is 10.5. The Morgan fingerprint density at radius 3 is 2.39 bits per heavy atom. The van der Waals surface area contributed by atoms with E-state index in [2.05, 4.69) is 5.32 Å². The first kappa shape index (κ1) is 19.3. The Bertz CT molecular complexity index is 539. The third-order valence-corrected chi connectivity index (χ3v) is 3.46. The molecule has 1 aromatic carbocycles. The van der Waals surface area contributed by atoms with Gasteiger partial charge in [-0.3, -0.25) is 0 Å². The van der Waals surface area contributed by atoms with Gasteiger partial charge in [0.2, 0.25) is 0 Å². The second-order valence-electron chi connectivity index (χ2n) is 6.52. The van der Waals surface area contributed by atoms with Gasteiger partial charge < -0.3 is 15.3 Å². The van der Waals surface area contributed by atoms with Crippen molar-refractivity contribution >= 4 is 6.03 Å². The highest BCUT2D eigenvalue weighted by atomic mass is 19.4. The summed E-state index contributed by atoms with van der Waals surface area (Å²) in [5.41, 5.74) is -0.847. The summed E-state index contributed by atoms with van der Waals surface area (Å²) in [5, 5.41) is 11.6. The lowest BCUT2D eigenvalue weighted by atomic mass is 9.82. The first-order valence-corrected chi connectivity index (χ1v) is 7.26. The Morgan fingerprint density at radius 1 is 1.30 bits per heavy atom. The lowest BCUT2D eigenvalue weighted by Gasteiger charge is -2.33. The zero-order valence-electron chi connectivity index (χ0n) is 13.7. The number of likely N-dealkylation sites (N-methyl/N-ethyl adjacent to an activating group) is 1. The maximum Gasteiger partial charge on any atom is 0.416 e. The summed E-state index contributed by atoms with van der Waals surface area (Å²) < 4.78 is 38.7. The predicted molar refractivity (Wildman–Crippen MR) is 81.9 cm³/mol. The van der Waals surface area contributed by atoms with Crippen molar-refractivity contribution in [2.75, 3.05) is 20.2 Å². The molecule has 1 rings (SSSR count). The fourth-order valence-corrected chi connectivity index (χ4v) is 2.18. The number of rotatable bonds is 4. The second kappa shape index (κ2) is 7.21. The fourth-order valence-electron chi connectivity index (χ4n) is 2.18. The highest BCUT2D eigenvalue weighted by Gasteiger charge is 2.33. The lowest BCUT2D eigenvalue weighted by Crippen LogP contribution is -2.44. The Kier molecular flexibility index (Phi) is 6.04. The minimum Gasteiger partial charge on any atom is -0.395 e. The molecule has 0 aromatic heterocycles. The zero-order valence-corrected chi connectivity index (χ0v) is 13.7. The molecular formula is C16H23F3N2O2. The van der Waals surface area contributed by atoms with Gasteiger partial charge in [0.1, 0.15) is 0 Å². The predicted octanol–water partition coefficient (Wildman–Crippen LogP) is 3.43. The molecule has 2 amide bonds. The Morgan fingerprint density at radius 2 is 1.91 bits per heavy atom. The van der Waals surface area contributed by atoms with Crippen LogP contribution in [0.4, 0.5) is 18.0 Å². The number of aliphatic hydroxyl groups excluding tert-OH is 1. The number of urea groups is 1. The molecule has 7 heteroatoms. The number of hydrogen-bond acceptors (Lipinski definition) is 2. The molecule has 0 fully saturated rings. The van der Waals surface area contributed by atoms with Crippen molar-refractivity contribution in [2.24, 2.45) is 5.41 Å². The minimum absolute atomic E-state index is 0.144. The molecule has 0 radical (unpaired) electrons. The molecule has 0 aliphatic rings. The summed E-state index contributed by atoms with van der Waals surface area (Å²) >= 11 is 0. The summed E-state index contributed by atoms with van der Waals surface area (Å²) in [6.07, 6.45) is -4.43. The zero-order chi connectivity index (χ0) is 17.8. The molecule has 0 aliphatic carbocycles. The number of alkyl halides is 3. The molecule has 2 N–H and O–H groups in total. The van der Waals surface area contributed by atoms with Gasteiger partial charge >= 0.3 is 12.2 Å². The van der Waals surface area contributed by atoms with Gasteiger partial charge in [-0.25, -0.2) is 4.79 Å². The Labute approximate surface area is 134 Å². The molecule has 0 heterocycles. The van der Waals surface area contributed by atoms with Crippen LogP contribution in [0.5, 0.6) is 0 Å². The van der Waals surface area contributed by atoms with Crippen LogP contribution in [0.15, 0.2) is 24.3 Å². The van der Waals surface area contributed by atoms with Crippen LogP contribution in [0.1, 0.15) is 37.9 Å². The number of halogens is 3. The van der Waals surface area contributed by atoms with Crippen LogP contribution in [0, 0.1) is 5.41 Å². The Hall–Kier alpha value is -1.76. The van der Waals surface area contributed by atoms with Crippen molar-refractivity contribution in [1.82, 2.24) is 10.2 Å². The summed E-state index contributed by atoms with van der Waals surface area (Å²) in [5.74, 6) is 0. The summed E-state index contributed by atoms with van der Waals surface area (Å²) in [6.45, 7) is 5.47. The second-order valence-corrected chi connectivity index (χ2v) is 6.52. The molecule has 0 saturated heterocycles. The van der Waals surface area contributed by atoms with Crippen molar-refractivity contribution < 1.29 is 23.1 Å². The lowest BCUT2D eigenvalue weighted by molar-refractivity contribution is -0.137. The molecule has 1 unspecified atom stereocenters. The number of nitrogens with one attached hydrogen (secondary N) is 1. The quantitative estimate of drug-likeness (QED) is 0.887. The van der Waals surface area contributed by atoms with Gasteiger partial charge in [0.05, 0.1) is 18.2 Å². The Balaban J connectivity index is 3.11. The highest BCUT2D eigenvalue weighted by molar-refractivity contribution is 5.74. The minimum atomic E-state index is -4.43. The van der Waals surface area contributed by atoms with Gasteiger partial charge in [-0.15, -0.1) is 0 Å². The number of carbonyl (C=O) groups excluding carboxylic acids is 1. The van der Waals surface area contributed by atoms with E-state index in [0.717, 1.165) is 12.1 Å². The monoisotopic (exact) mass is 332 g/mol. The summed E-state index contributed by atoms with van der Waals surface area (Å²) in [4.78, 5) is 13.4. The van der Waals surface area contributed by atoms with E-state index in [1.807, 2.05) is 20.8 Å². The van der Waals surface area contributed by atoms with Crippen molar-refractivity contribution in [2.45, 2.75) is 33.0 Å². The molecule has 4 nitrogen and oxygen atoms in total. The van der Waals surface area contributed by atoms with Crippen molar-refractivity contribution in [3.05, 3.63) is 35.4 Å². The van der Waals surface area contributed by atoms with Crippen LogP contribution in [0.3, 0.4) is 0 Å². The van der Waals surface area contributed by atoms with E-state index in [-0.39, 0.29) is 13.2 Å². The molecule has 0 bridgehead atoms. The standard InChI is InChI=1S/C16H23F3N2O2/c1-15(2,3)13(20-14(23)21(4)8-9-22)11-6-5-7-12(10-11)16(17,18)19/h5-7,10,13,22H,8-9H2,1-4H3,(H,20,23). The fraction of sp³-hybridized carbons (Fsp3) is 0.562. The van der Waals surface area contributed by atoms with Gasteiger partial charge in [-0.05, 0) is 23.1 Å². The van der Waals surface area contributed by atoms with Crippen LogP contribution < -0.4 is 5.32 Å². The maximum absolute atomic E-state index is 12.9. The number of nitrogens with zero attached hydrogens (tertiary/aromatic N) is 1. The van der Waals surface area contributed by atoms with E-state index < -0.39 is 29.2 Å². The van der Waals surface area contributed by atoms with E-state index in [0.29, 0.717) is 5.56 Å². The first-order valence-electron chi connectivity index (χ1n) is 7.26. The van der Waals surface area contributed by atoms with Crippen molar-refractivity contribution in [3.8, 4) is 0 Å². The molecule has 1 atom stereocenters. The van der Waals surface area contributed by atoms with E-state index in [1.165, 1.54) is 18.0 Å². The normalized spacial score (nSPS) is 13.6. The largest absolute Gasteiger partial charge is 0.416 e. The molecule has 0 aliphatic heterocycles. The van der Waals surface area contributed by atoms with E-state index >= 15 is 0 Å². The van der Waals surface area contributed by atoms with E-state index in [9.17, 15) is 18.0 Å². The van der Waals surface area contributed by atoms with Gasteiger partial charge in [0.25, 0.3) is 0 Å². The van der Waals surface area contributed by atoms with Crippen LogP contribution in [0.2, 0.25) is 0 Å². The van der Waals surface area contributed by atoms with E-state index in [1.54, 1.807) is 6.07 Å². The average molecular weight is 332 g/mol. The molecule has 130 valence electrons.